The van der Waals surface area contributed by atoms with Crippen molar-refractivity contribution in [2.75, 3.05) is 0 Å². The van der Waals surface area contributed by atoms with Gasteiger partial charge in [0.1, 0.15) is 5.82 Å². The van der Waals surface area contributed by atoms with Crippen LogP contribution in [0.4, 0.5) is 4.39 Å². The minimum atomic E-state index is -0.238. The standard InChI is InChI=1S/C14H12FN3S/c1-9-7-10(2)18(17-9)14-16-13(8-19-14)11-3-5-12(15)6-4-11/h3-8H,1-2H3. The van der Waals surface area contributed by atoms with Crippen LogP contribution in [0.5, 0.6) is 0 Å². The molecule has 19 heavy (non-hydrogen) atoms. The molecular formula is C14H12FN3S. The number of halogens is 1. The van der Waals surface area contributed by atoms with Gasteiger partial charge in [-0.25, -0.2) is 14.1 Å². The number of rotatable bonds is 2. The summed E-state index contributed by atoms with van der Waals surface area (Å²) < 4.78 is 14.7. The summed E-state index contributed by atoms with van der Waals surface area (Å²) in [5.41, 5.74) is 3.77. The van der Waals surface area contributed by atoms with Crippen LogP contribution in [0.2, 0.25) is 0 Å². The molecule has 0 atom stereocenters. The summed E-state index contributed by atoms with van der Waals surface area (Å²) in [6.07, 6.45) is 0. The van der Waals surface area contributed by atoms with Gasteiger partial charge in [-0.3, -0.25) is 0 Å². The third-order valence-corrected chi connectivity index (χ3v) is 3.64. The zero-order valence-electron chi connectivity index (χ0n) is 10.6. The first kappa shape index (κ1) is 12.0. The van der Waals surface area contributed by atoms with Crippen LogP contribution >= 0.6 is 11.3 Å². The van der Waals surface area contributed by atoms with Gasteiger partial charge in [-0.1, -0.05) is 0 Å². The molecule has 0 aliphatic heterocycles. The van der Waals surface area contributed by atoms with Gasteiger partial charge < -0.3 is 0 Å². The van der Waals surface area contributed by atoms with Crippen LogP contribution in [0.15, 0.2) is 35.7 Å². The van der Waals surface area contributed by atoms with Crippen LogP contribution in [0, 0.1) is 19.7 Å². The monoisotopic (exact) mass is 273 g/mol. The summed E-state index contributed by atoms with van der Waals surface area (Å²) in [5.74, 6) is -0.238. The normalized spacial score (nSPS) is 10.9. The summed E-state index contributed by atoms with van der Waals surface area (Å²) in [5, 5.41) is 7.19. The second kappa shape index (κ2) is 4.59. The van der Waals surface area contributed by atoms with E-state index in [0.717, 1.165) is 27.8 Å². The van der Waals surface area contributed by atoms with Gasteiger partial charge in [0, 0.05) is 16.6 Å². The van der Waals surface area contributed by atoms with Crippen LogP contribution in [-0.2, 0) is 0 Å². The van der Waals surface area contributed by atoms with Crippen molar-refractivity contribution in [3.63, 3.8) is 0 Å². The van der Waals surface area contributed by atoms with E-state index >= 15 is 0 Å². The Labute approximate surface area is 114 Å². The molecule has 3 aromatic rings. The molecule has 3 nitrogen and oxygen atoms in total. The van der Waals surface area contributed by atoms with E-state index in [1.807, 2.05) is 30.0 Å². The Bertz CT molecular complexity index is 713. The highest BCUT2D eigenvalue weighted by Gasteiger charge is 2.09. The minimum Gasteiger partial charge on any atom is -0.218 e. The van der Waals surface area contributed by atoms with Gasteiger partial charge in [0.15, 0.2) is 0 Å². The van der Waals surface area contributed by atoms with Crippen LogP contribution in [-0.4, -0.2) is 14.8 Å². The summed E-state index contributed by atoms with van der Waals surface area (Å²) in [6, 6.07) is 8.36. The second-order valence-electron chi connectivity index (χ2n) is 4.36. The molecule has 0 aliphatic carbocycles. The topological polar surface area (TPSA) is 30.7 Å². The molecule has 2 aromatic heterocycles. The third kappa shape index (κ3) is 2.29. The molecule has 0 amide bonds. The van der Waals surface area contributed by atoms with Gasteiger partial charge >= 0.3 is 0 Å². The van der Waals surface area contributed by atoms with E-state index in [1.165, 1.54) is 23.5 Å². The maximum absolute atomic E-state index is 12.9. The molecule has 3 rings (SSSR count). The fourth-order valence-corrected chi connectivity index (χ4v) is 2.78. The highest BCUT2D eigenvalue weighted by atomic mass is 32.1. The van der Waals surface area contributed by atoms with Crippen molar-refractivity contribution >= 4 is 11.3 Å². The van der Waals surface area contributed by atoms with Gasteiger partial charge in [0.25, 0.3) is 0 Å². The zero-order valence-corrected chi connectivity index (χ0v) is 11.4. The molecular weight excluding hydrogens is 261 g/mol. The first-order chi connectivity index (χ1) is 9.13. The predicted molar refractivity (Wildman–Crippen MR) is 74.1 cm³/mol. The Morgan fingerprint density at radius 1 is 1.16 bits per heavy atom. The van der Waals surface area contributed by atoms with E-state index in [1.54, 1.807) is 12.1 Å². The summed E-state index contributed by atoms with van der Waals surface area (Å²) in [6.45, 7) is 3.96. The molecule has 0 fully saturated rings. The number of hydrogen-bond donors (Lipinski definition) is 0. The smallest absolute Gasteiger partial charge is 0.211 e. The minimum absolute atomic E-state index is 0.238. The van der Waals surface area contributed by atoms with Gasteiger partial charge in [-0.2, -0.15) is 5.10 Å². The molecule has 96 valence electrons. The van der Waals surface area contributed by atoms with Crippen molar-refractivity contribution in [3.05, 3.63) is 52.9 Å². The van der Waals surface area contributed by atoms with Gasteiger partial charge in [-0.05, 0) is 44.2 Å². The van der Waals surface area contributed by atoms with E-state index in [9.17, 15) is 4.39 Å². The Morgan fingerprint density at radius 2 is 1.89 bits per heavy atom. The second-order valence-corrected chi connectivity index (χ2v) is 5.20. The van der Waals surface area contributed by atoms with Gasteiger partial charge in [0.05, 0.1) is 11.4 Å². The van der Waals surface area contributed by atoms with Crippen LogP contribution in [0.3, 0.4) is 0 Å². The lowest BCUT2D eigenvalue weighted by Crippen LogP contribution is -1.98. The molecule has 0 aliphatic rings. The summed E-state index contributed by atoms with van der Waals surface area (Å²) in [4.78, 5) is 4.55. The number of aryl methyl sites for hydroxylation is 2. The van der Waals surface area contributed by atoms with Crippen molar-refractivity contribution in [3.8, 4) is 16.4 Å². The number of aromatic nitrogens is 3. The van der Waals surface area contributed by atoms with E-state index in [4.69, 9.17) is 0 Å². The Morgan fingerprint density at radius 3 is 2.53 bits per heavy atom. The number of benzene rings is 1. The molecule has 5 heteroatoms. The van der Waals surface area contributed by atoms with Gasteiger partial charge in [-0.15, -0.1) is 11.3 Å². The van der Waals surface area contributed by atoms with Crippen molar-refractivity contribution in [1.82, 2.24) is 14.8 Å². The largest absolute Gasteiger partial charge is 0.218 e. The van der Waals surface area contributed by atoms with Crippen molar-refractivity contribution < 1.29 is 4.39 Å². The van der Waals surface area contributed by atoms with Crippen LogP contribution in [0.1, 0.15) is 11.4 Å². The highest BCUT2D eigenvalue weighted by molar-refractivity contribution is 7.12. The molecule has 0 saturated carbocycles. The average molecular weight is 273 g/mol. The Balaban J connectivity index is 1.99. The van der Waals surface area contributed by atoms with E-state index in [2.05, 4.69) is 10.1 Å². The van der Waals surface area contributed by atoms with E-state index < -0.39 is 0 Å². The number of hydrogen-bond acceptors (Lipinski definition) is 3. The SMILES string of the molecule is Cc1cc(C)n(-c2nc(-c3ccc(F)cc3)cs2)n1. The lowest BCUT2D eigenvalue weighted by atomic mass is 10.2. The molecule has 0 bridgehead atoms. The summed E-state index contributed by atoms with van der Waals surface area (Å²) >= 11 is 1.52. The van der Waals surface area contributed by atoms with Gasteiger partial charge in [0.2, 0.25) is 5.13 Å². The molecule has 0 spiro atoms. The fourth-order valence-electron chi connectivity index (χ4n) is 1.94. The molecule has 1 aromatic carbocycles. The average Bonchev–Trinajstić information content (AvgIpc) is 2.97. The predicted octanol–water partition coefficient (Wildman–Crippen LogP) is 3.75. The number of thiazole rings is 1. The van der Waals surface area contributed by atoms with E-state index in [0.29, 0.717) is 0 Å². The van der Waals surface area contributed by atoms with Crippen LogP contribution < -0.4 is 0 Å². The first-order valence-corrected chi connectivity index (χ1v) is 6.76. The van der Waals surface area contributed by atoms with E-state index in [-0.39, 0.29) is 5.82 Å². The maximum Gasteiger partial charge on any atom is 0.211 e. The molecule has 0 N–H and O–H groups in total. The Kier molecular flexibility index (Phi) is 2.91. The first-order valence-electron chi connectivity index (χ1n) is 5.88. The molecule has 0 radical (unpaired) electrons. The molecule has 0 unspecified atom stereocenters. The summed E-state index contributed by atoms with van der Waals surface area (Å²) in [7, 11) is 0. The zero-order chi connectivity index (χ0) is 13.4. The quantitative estimate of drug-likeness (QED) is 0.712. The fraction of sp³-hybridized carbons (Fsp3) is 0.143. The lowest BCUT2D eigenvalue weighted by molar-refractivity contribution is 0.628. The van der Waals surface area contributed by atoms with Crippen LogP contribution in [0.25, 0.3) is 16.4 Å². The molecule has 2 heterocycles. The lowest BCUT2D eigenvalue weighted by Gasteiger charge is -1.98. The highest BCUT2D eigenvalue weighted by Crippen LogP contribution is 2.24. The molecule has 0 saturated heterocycles. The third-order valence-electron chi connectivity index (χ3n) is 2.82. The van der Waals surface area contributed by atoms with Crippen molar-refractivity contribution in [1.29, 1.82) is 0 Å². The number of nitrogens with zero attached hydrogens (tertiary/aromatic N) is 3. The Hall–Kier alpha value is -2.01. The van der Waals surface area contributed by atoms with Crippen molar-refractivity contribution in [2.45, 2.75) is 13.8 Å². The maximum atomic E-state index is 12.9. The van der Waals surface area contributed by atoms with Crippen molar-refractivity contribution in [2.24, 2.45) is 0 Å².